The largest absolute Gasteiger partial charge is 0.381 e. The fourth-order valence-electron chi connectivity index (χ4n) is 9.62. The van der Waals surface area contributed by atoms with E-state index in [0.29, 0.717) is 76.2 Å². The summed E-state index contributed by atoms with van der Waals surface area (Å²) in [6, 6.07) is 6.04. The summed E-state index contributed by atoms with van der Waals surface area (Å²) in [5.74, 6) is 0.692. The van der Waals surface area contributed by atoms with E-state index in [-0.39, 0.29) is 30.5 Å². The van der Waals surface area contributed by atoms with E-state index < -0.39 is 11.9 Å². The number of fused-ring (bicyclic) bond motifs is 2. The lowest BCUT2D eigenvalue weighted by Gasteiger charge is -2.42. The number of hydrogen-bond donors (Lipinski definition) is 3. The van der Waals surface area contributed by atoms with Gasteiger partial charge in [0.25, 0.3) is 0 Å². The molecule has 4 aromatic rings. The molecule has 1 aliphatic carbocycles. The molecule has 1 unspecified atom stereocenters. The number of aromatic nitrogens is 5. The van der Waals surface area contributed by atoms with Gasteiger partial charge in [-0.3, -0.25) is 33.7 Å². The Labute approximate surface area is 367 Å². The van der Waals surface area contributed by atoms with E-state index in [4.69, 9.17) is 23.7 Å². The summed E-state index contributed by atoms with van der Waals surface area (Å²) in [6.07, 6.45) is 12.3. The molecule has 8 rings (SSSR count). The van der Waals surface area contributed by atoms with Gasteiger partial charge in [-0.15, -0.1) is 0 Å². The number of piperidine rings is 1. The van der Waals surface area contributed by atoms with Gasteiger partial charge in [0.05, 0.1) is 56.1 Å². The number of H-pyrrole nitrogens is 1. The van der Waals surface area contributed by atoms with Crippen molar-refractivity contribution in [1.82, 2.24) is 39.2 Å². The minimum absolute atomic E-state index is 0.0293. The molecule has 342 valence electrons. The third-order valence-electron chi connectivity index (χ3n) is 13.2. The number of hydrogen-bond acceptors (Lipinski definition) is 13. The summed E-state index contributed by atoms with van der Waals surface area (Å²) in [4.78, 5) is 66.9. The Balaban J connectivity index is 0.626. The van der Waals surface area contributed by atoms with Crippen LogP contribution in [0, 0.1) is 0 Å². The second kappa shape index (κ2) is 21.8. The molecule has 3 N–H and O–H groups in total. The molecule has 18 nitrogen and oxygen atoms in total. The number of amides is 3. The highest BCUT2D eigenvalue weighted by Gasteiger charge is 2.32. The topological polar surface area (TPSA) is 196 Å². The first-order valence-electron chi connectivity index (χ1n) is 22.9. The molecule has 0 spiro atoms. The van der Waals surface area contributed by atoms with E-state index in [1.165, 1.54) is 10.1 Å². The zero-order valence-corrected chi connectivity index (χ0v) is 36.5. The van der Waals surface area contributed by atoms with Gasteiger partial charge in [-0.1, -0.05) is 6.07 Å². The molecule has 1 atom stereocenters. The molecule has 0 radical (unpaired) electrons. The Kier molecular flexibility index (Phi) is 15.5. The molecule has 6 heterocycles. The maximum Gasteiger partial charge on any atom is 0.329 e. The van der Waals surface area contributed by atoms with Crippen LogP contribution in [-0.2, 0) is 51.5 Å². The van der Waals surface area contributed by atoms with Crippen molar-refractivity contribution in [3.8, 4) is 0 Å². The van der Waals surface area contributed by atoms with Crippen LogP contribution in [0.3, 0.4) is 0 Å². The van der Waals surface area contributed by atoms with Crippen LogP contribution < -0.4 is 16.3 Å². The smallest absolute Gasteiger partial charge is 0.329 e. The predicted octanol–water partition coefficient (Wildman–Crippen LogP) is 3.05. The first-order chi connectivity index (χ1) is 30.8. The summed E-state index contributed by atoms with van der Waals surface area (Å²) >= 11 is 0. The average Bonchev–Trinajstić information content (AvgIpc) is 3.85. The highest BCUT2D eigenvalue weighted by atomic mass is 16.6. The summed E-state index contributed by atoms with van der Waals surface area (Å²) < 4.78 is 31.3. The van der Waals surface area contributed by atoms with Crippen LogP contribution in [-0.4, -0.2) is 156 Å². The molecule has 0 bridgehead atoms. The molecule has 3 amide bonds. The van der Waals surface area contributed by atoms with Crippen LogP contribution in [0.25, 0.3) is 22.1 Å². The molecule has 3 aliphatic heterocycles. The van der Waals surface area contributed by atoms with Crippen LogP contribution in [0.1, 0.15) is 80.9 Å². The van der Waals surface area contributed by atoms with E-state index in [1.807, 2.05) is 23.1 Å². The molecule has 4 fully saturated rings. The standard InChI is InChI=1S/C45H63N9O9/c1-51-38-27-31(4-9-36(38)54(45(51)58)37-10-11-39(55)50-44(37)57)3-2-18-59-21-22-61-23-24-62-25-26-63-29-40(56)53-16-14-52(15-17-53)34-7-5-33(6-8-34)49-43-41-35(32-12-19-60-20-13-32)28-46-42(41)47-30-48-43/h4,9,27-28,30,32-34,37H,2-3,5-8,10-26,29H2,1H3,(H,50,55,57)(H2,46,47,48,49)/t33-,34-,37?. The fraction of sp³-hybridized carbons (Fsp3) is 0.644. The van der Waals surface area contributed by atoms with E-state index >= 15 is 0 Å². The maximum absolute atomic E-state index is 13.0. The summed E-state index contributed by atoms with van der Waals surface area (Å²) in [7, 11) is 1.70. The van der Waals surface area contributed by atoms with Crippen molar-refractivity contribution in [2.45, 2.75) is 88.3 Å². The Hall–Kier alpha value is -4.72. The van der Waals surface area contributed by atoms with Gasteiger partial charge in [0.15, 0.2) is 0 Å². The van der Waals surface area contributed by atoms with Crippen molar-refractivity contribution in [2.24, 2.45) is 7.05 Å². The number of aromatic amines is 1. The van der Waals surface area contributed by atoms with Gasteiger partial charge >= 0.3 is 5.69 Å². The molecular weight excluding hydrogens is 811 g/mol. The van der Waals surface area contributed by atoms with Crippen LogP contribution in [0.2, 0.25) is 0 Å². The zero-order valence-electron chi connectivity index (χ0n) is 36.5. The first-order valence-corrected chi connectivity index (χ1v) is 22.9. The van der Waals surface area contributed by atoms with Gasteiger partial charge in [-0.05, 0) is 87.0 Å². The molecule has 1 aromatic carbocycles. The van der Waals surface area contributed by atoms with Crippen LogP contribution in [0.5, 0.6) is 0 Å². The van der Waals surface area contributed by atoms with Gasteiger partial charge in [-0.25, -0.2) is 14.8 Å². The number of rotatable bonds is 20. The number of piperazine rings is 1. The number of nitrogens with one attached hydrogen (secondary N) is 3. The van der Waals surface area contributed by atoms with E-state index in [1.54, 1.807) is 17.9 Å². The quantitative estimate of drug-likeness (QED) is 0.0867. The molecular formula is C45H63N9O9. The zero-order chi connectivity index (χ0) is 43.5. The number of imidazole rings is 1. The molecule has 4 aliphatic rings. The van der Waals surface area contributed by atoms with Crippen LogP contribution in [0.4, 0.5) is 5.82 Å². The lowest BCUT2D eigenvalue weighted by Crippen LogP contribution is -2.53. The minimum atomic E-state index is -0.695. The lowest BCUT2D eigenvalue weighted by atomic mass is 9.89. The highest BCUT2D eigenvalue weighted by molar-refractivity contribution is 6.00. The molecule has 3 aromatic heterocycles. The van der Waals surface area contributed by atoms with Gasteiger partial charge in [0.1, 0.15) is 30.4 Å². The van der Waals surface area contributed by atoms with Crippen molar-refractivity contribution in [3.63, 3.8) is 0 Å². The minimum Gasteiger partial charge on any atom is -0.381 e. The van der Waals surface area contributed by atoms with Crippen molar-refractivity contribution in [3.05, 3.63) is 52.3 Å². The number of carbonyl (C=O) groups excluding carboxylic acids is 3. The normalized spacial score (nSPS) is 21.7. The number of nitrogens with zero attached hydrogens (tertiary/aromatic N) is 6. The van der Waals surface area contributed by atoms with Gasteiger partial charge < -0.3 is 38.9 Å². The third-order valence-corrected chi connectivity index (χ3v) is 13.2. The lowest BCUT2D eigenvalue weighted by molar-refractivity contribution is -0.139. The summed E-state index contributed by atoms with van der Waals surface area (Å²) in [5, 5.41) is 7.25. The van der Waals surface area contributed by atoms with Gasteiger partial charge in [-0.2, -0.15) is 0 Å². The monoisotopic (exact) mass is 873 g/mol. The second-order valence-electron chi connectivity index (χ2n) is 17.1. The number of imide groups is 1. The van der Waals surface area contributed by atoms with E-state index in [9.17, 15) is 19.2 Å². The van der Waals surface area contributed by atoms with Crippen molar-refractivity contribution in [1.29, 1.82) is 0 Å². The molecule has 18 heteroatoms. The fourth-order valence-corrected chi connectivity index (χ4v) is 9.62. The van der Waals surface area contributed by atoms with Crippen LogP contribution in [0.15, 0.2) is 35.5 Å². The average molecular weight is 874 g/mol. The number of ether oxygens (including phenoxy) is 5. The number of benzene rings is 1. The predicted molar refractivity (Wildman–Crippen MR) is 235 cm³/mol. The van der Waals surface area contributed by atoms with E-state index in [2.05, 4.69) is 36.7 Å². The van der Waals surface area contributed by atoms with Crippen molar-refractivity contribution in [2.75, 3.05) is 97.6 Å². The molecule has 1 saturated carbocycles. The van der Waals surface area contributed by atoms with Gasteiger partial charge in [0.2, 0.25) is 17.7 Å². The third kappa shape index (κ3) is 11.2. The Morgan fingerprint density at radius 1 is 0.841 bits per heavy atom. The Morgan fingerprint density at radius 3 is 2.29 bits per heavy atom. The Morgan fingerprint density at radius 2 is 1.56 bits per heavy atom. The summed E-state index contributed by atoms with van der Waals surface area (Å²) in [6.45, 7) is 8.02. The number of anilines is 1. The second-order valence-corrected chi connectivity index (χ2v) is 17.1. The van der Waals surface area contributed by atoms with Crippen molar-refractivity contribution >= 4 is 45.6 Å². The van der Waals surface area contributed by atoms with E-state index in [0.717, 1.165) is 119 Å². The van der Waals surface area contributed by atoms with Crippen molar-refractivity contribution < 1.29 is 38.1 Å². The maximum atomic E-state index is 13.0. The molecule has 3 saturated heterocycles. The first kappa shape index (κ1) is 44.9. The number of carbonyl (C=O) groups is 3. The number of aryl methyl sites for hydroxylation is 2. The van der Waals surface area contributed by atoms with Gasteiger partial charge in [0, 0.05) is 77.7 Å². The highest BCUT2D eigenvalue weighted by Crippen LogP contribution is 2.36. The Bertz CT molecular complexity index is 2220. The van der Waals surface area contributed by atoms with Crippen LogP contribution >= 0.6 is 0 Å². The summed E-state index contributed by atoms with van der Waals surface area (Å²) in [5.41, 5.74) is 4.42. The SMILES string of the molecule is Cn1c(=O)n(C2CCC(=O)NC2=O)c2ccc(CCCOCCOCCOCCOCC(=O)N3CCN([C@H]4CC[C@H](Nc5ncnc6[nH]cc(C7CCOCC7)c56)CC4)CC3)cc21. The molecule has 63 heavy (non-hydrogen) atoms.